The lowest BCUT2D eigenvalue weighted by Crippen LogP contribution is -2.36. The summed E-state index contributed by atoms with van der Waals surface area (Å²) in [7, 11) is 1.03. The maximum absolute atomic E-state index is 11.3. The van der Waals surface area contributed by atoms with Gasteiger partial charge >= 0.3 is 0 Å². The lowest BCUT2D eigenvalue weighted by atomic mass is 10.5. The van der Waals surface area contributed by atoms with E-state index in [1.54, 1.807) is 11.9 Å². The zero-order chi connectivity index (χ0) is 11.0. The first kappa shape index (κ1) is 13.6. The fraction of sp³-hybridized carbons (Fsp3) is 0.889. The van der Waals surface area contributed by atoms with Gasteiger partial charge in [0.05, 0.1) is 6.54 Å². The summed E-state index contributed by atoms with van der Waals surface area (Å²) in [4.78, 5) is 12.9. The van der Waals surface area contributed by atoms with Crippen LogP contribution in [0.1, 0.15) is 13.8 Å². The summed E-state index contributed by atoms with van der Waals surface area (Å²) in [5.74, 6) is 1.39. The van der Waals surface area contributed by atoms with Crippen LogP contribution in [0, 0.1) is 0 Å². The molecule has 0 saturated carbocycles. The number of amides is 1. The van der Waals surface area contributed by atoms with Crippen LogP contribution in [0.25, 0.3) is 0 Å². The molecule has 0 bridgehead atoms. The molecule has 0 aliphatic heterocycles. The third-order valence-electron chi connectivity index (χ3n) is 2.00. The Labute approximate surface area is 88.5 Å². The van der Waals surface area contributed by atoms with E-state index in [2.05, 4.69) is 5.32 Å². The largest absolute Gasteiger partial charge is 0.345 e. The Balaban J connectivity index is 3.45. The van der Waals surface area contributed by atoms with Crippen molar-refractivity contribution in [3.05, 3.63) is 0 Å². The fourth-order valence-corrected chi connectivity index (χ4v) is 1.50. The van der Waals surface area contributed by atoms with E-state index in [0.717, 1.165) is 6.54 Å². The first-order valence-electron chi connectivity index (χ1n) is 4.91. The molecule has 0 aromatic rings. The van der Waals surface area contributed by atoms with E-state index in [1.165, 1.54) is 0 Å². The first-order valence-corrected chi connectivity index (χ1v) is 6.40. The topological polar surface area (TPSA) is 49.4 Å². The van der Waals surface area contributed by atoms with Crippen molar-refractivity contribution in [2.45, 2.75) is 13.8 Å². The van der Waals surface area contributed by atoms with Crippen LogP contribution in [0.4, 0.5) is 0 Å². The van der Waals surface area contributed by atoms with Crippen molar-refractivity contribution in [2.24, 2.45) is 0 Å². The van der Waals surface area contributed by atoms with Crippen LogP contribution in [-0.4, -0.2) is 53.2 Å². The summed E-state index contributed by atoms with van der Waals surface area (Å²) >= 11 is 0. The molecule has 0 aliphatic carbocycles. The summed E-state index contributed by atoms with van der Waals surface area (Å²) in [6, 6.07) is 0. The Morgan fingerprint density at radius 2 is 2.07 bits per heavy atom. The standard InChI is InChI=1S/C9H20N2O2S/c1-4-11(3)9(12)8-10-6-7-14(13)5-2/h10H,4-8H2,1-3H3. The van der Waals surface area contributed by atoms with Crippen LogP contribution in [0.5, 0.6) is 0 Å². The van der Waals surface area contributed by atoms with E-state index in [0.29, 0.717) is 24.6 Å². The van der Waals surface area contributed by atoms with E-state index < -0.39 is 10.8 Å². The molecule has 0 saturated heterocycles. The minimum absolute atomic E-state index is 0.0785. The molecule has 0 aromatic heterocycles. The molecule has 0 rings (SSSR count). The molecule has 0 fully saturated rings. The SMILES string of the molecule is CCN(C)C(=O)CNCCS(=O)CC. The molecular weight excluding hydrogens is 200 g/mol. The monoisotopic (exact) mass is 220 g/mol. The normalized spacial score (nSPS) is 12.5. The van der Waals surface area contributed by atoms with Gasteiger partial charge in [-0.1, -0.05) is 6.92 Å². The molecule has 84 valence electrons. The van der Waals surface area contributed by atoms with Gasteiger partial charge in [-0.15, -0.1) is 0 Å². The number of rotatable bonds is 7. The molecule has 1 atom stereocenters. The smallest absolute Gasteiger partial charge is 0.236 e. The summed E-state index contributed by atoms with van der Waals surface area (Å²) in [5.41, 5.74) is 0. The van der Waals surface area contributed by atoms with Crippen LogP contribution in [-0.2, 0) is 15.6 Å². The number of hydrogen-bond donors (Lipinski definition) is 1. The van der Waals surface area contributed by atoms with Crippen LogP contribution >= 0.6 is 0 Å². The van der Waals surface area contributed by atoms with Gasteiger partial charge in [0, 0.05) is 42.4 Å². The molecule has 5 heteroatoms. The van der Waals surface area contributed by atoms with Crippen molar-refractivity contribution >= 4 is 16.7 Å². The van der Waals surface area contributed by atoms with E-state index in [4.69, 9.17) is 0 Å². The van der Waals surface area contributed by atoms with Crippen molar-refractivity contribution in [3.63, 3.8) is 0 Å². The van der Waals surface area contributed by atoms with Gasteiger partial charge in [-0.25, -0.2) is 0 Å². The van der Waals surface area contributed by atoms with E-state index in [1.807, 2.05) is 13.8 Å². The van der Waals surface area contributed by atoms with Gasteiger partial charge in [-0.3, -0.25) is 9.00 Å². The van der Waals surface area contributed by atoms with Gasteiger partial charge in [0.2, 0.25) is 5.91 Å². The number of carbonyl (C=O) groups is 1. The number of likely N-dealkylation sites (N-methyl/N-ethyl adjacent to an activating group) is 1. The van der Waals surface area contributed by atoms with E-state index in [-0.39, 0.29) is 5.91 Å². The lowest BCUT2D eigenvalue weighted by Gasteiger charge is -2.14. The Kier molecular flexibility index (Phi) is 7.70. The highest BCUT2D eigenvalue weighted by Gasteiger charge is 2.05. The Morgan fingerprint density at radius 3 is 2.57 bits per heavy atom. The average Bonchev–Trinajstić information content (AvgIpc) is 2.22. The number of hydrogen-bond acceptors (Lipinski definition) is 3. The minimum Gasteiger partial charge on any atom is -0.345 e. The maximum atomic E-state index is 11.3. The third-order valence-corrected chi connectivity index (χ3v) is 3.31. The quantitative estimate of drug-likeness (QED) is 0.606. The summed E-state index contributed by atoms with van der Waals surface area (Å²) in [5, 5.41) is 2.98. The second kappa shape index (κ2) is 7.94. The fourth-order valence-electron chi connectivity index (χ4n) is 0.837. The Hall–Kier alpha value is -0.420. The van der Waals surface area contributed by atoms with Gasteiger partial charge in [0.1, 0.15) is 0 Å². The summed E-state index contributed by atoms with van der Waals surface area (Å²) in [6.07, 6.45) is 0. The van der Waals surface area contributed by atoms with Crippen LogP contribution in [0.15, 0.2) is 0 Å². The molecular formula is C9H20N2O2S. The van der Waals surface area contributed by atoms with Crippen molar-refractivity contribution in [3.8, 4) is 0 Å². The molecule has 4 nitrogen and oxygen atoms in total. The molecule has 14 heavy (non-hydrogen) atoms. The van der Waals surface area contributed by atoms with Gasteiger partial charge in [-0.05, 0) is 6.92 Å². The molecule has 0 radical (unpaired) electrons. The van der Waals surface area contributed by atoms with Gasteiger partial charge < -0.3 is 10.2 Å². The number of carbonyl (C=O) groups excluding carboxylic acids is 1. The highest BCUT2D eigenvalue weighted by Crippen LogP contribution is 1.82. The van der Waals surface area contributed by atoms with Crippen molar-refractivity contribution in [2.75, 3.05) is 38.2 Å². The van der Waals surface area contributed by atoms with Crippen molar-refractivity contribution in [1.82, 2.24) is 10.2 Å². The predicted molar refractivity (Wildman–Crippen MR) is 59.7 cm³/mol. The molecule has 1 unspecified atom stereocenters. The zero-order valence-electron chi connectivity index (χ0n) is 9.21. The highest BCUT2D eigenvalue weighted by atomic mass is 32.2. The first-order chi connectivity index (χ1) is 6.61. The highest BCUT2D eigenvalue weighted by molar-refractivity contribution is 7.84. The summed E-state index contributed by atoms with van der Waals surface area (Å²) < 4.78 is 11.0. The predicted octanol–water partition coefficient (Wildman–Crippen LogP) is -0.177. The zero-order valence-corrected chi connectivity index (χ0v) is 10.0. The summed E-state index contributed by atoms with van der Waals surface area (Å²) in [6.45, 7) is 5.53. The Bertz CT molecular complexity index is 197. The Morgan fingerprint density at radius 1 is 1.43 bits per heavy atom. The second-order valence-electron chi connectivity index (χ2n) is 3.02. The maximum Gasteiger partial charge on any atom is 0.236 e. The third kappa shape index (κ3) is 6.10. The molecule has 1 amide bonds. The minimum atomic E-state index is -0.742. The van der Waals surface area contributed by atoms with Gasteiger partial charge in [-0.2, -0.15) is 0 Å². The van der Waals surface area contributed by atoms with E-state index in [9.17, 15) is 9.00 Å². The molecule has 0 heterocycles. The molecule has 0 aromatic carbocycles. The number of nitrogens with one attached hydrogen (secondary N) is 1. The second-order valence-corrected chi connectivity index (χ2v) is 4.88. The van der Waals surface area contributed by atoms with Crippen molar-refractivity contribution < 1.29 is 9.00 Å². The molecule has 0 spiro atoms. The van der Waals surface area contributed by atoms with Crippen LogP contribution in [0.3, 0.4) is 0 Å². The van der Waals surface area contributed by atoms with Crippen LogP contribution in [0.2, 0.25) is 0 Å². The lowest BCUT2D eigenvalue weighted by molar-refractivity contribution is -0.128. The van der Waals surface area contributed by atoms with Gasteiger partial charge in [0.15, 0.2) is 0 Å². The average molecular weight is 220 g/mol. The van der Waals surface area contributed by atoms with Gasteiger partial charge in [0.25, 0.3) is 0 Å². The van der Waals surface area contributed by atoms with Crippen molar-refractivity contribution in [1.29, 1.82) is 0 Å². The van der Waals surface area contributed by atoms with E-state index >= 15 is 0 Å². The number of nitrogens with zero attached hydrogens (tertiary/aromatic N) is 1. The van der Waals surface area contributed by atoms with Crippen LogP contribution < -0.4 is 5.32 Å². The molecule has 0 aliphatic rings. The molecule has 1 N–H and O–H groups in total.